The summed E-state index contributed by atoms with van der Waals surface area (Å²) in [4.78, 5) is 21.1. The lowest BCUT2D eigenvalue weighted by molar-refractivity contribution is -0.119. The smallest absolute Gasteiger partial charge is 0.231 e. The Morgan fingerprint density at radius 3 is 2.87 bits per heavy atom. The number of rotatable bonds is 5. The van der Waals surface area contributed by atoms with Crippen LogP contribution >= 0.6 is 11.8 Å². The highest BCUT2D eigenvalue weighted by Crippen LogP contribution is 2.39. The molecule has 1 amide bonds. The molecule has 0 radical (unpaired) electrons. The molecule has 0 aliphatic heterocycles. The maximum atomic E-state index is 12.2. The molecule has 3 rings (SSSR count). The number of benzene rings is 1. The van der Waals surface area contributed by atoms with Gasteiger partial charge in [0.2, 0.25) is 5.91 Å². The van der Waals surface area contributed by atoms with E-state index in [4.69, 9.17) is 0 Å². The molecule has 1 atom stereocenters. The Bertz CT molecular complexity index is 797. The van der Waals surface area contributed by atoms with Crippen LogP contribution in [0.3, 0.4) is 0 Å². The third-order valence-corrected chi connectivity index (χ3v) is 5.04. The number of nitriles is 1. The van der Waals surface area contributed by atoms with Crippen molar-refractivity contribution in [2.24, 2.45) is 5.92 Å². The van der Waals surface area contributed by atoms with Gasteiger partial charge in [-0.3, -0.25) is 4.79 Å². The number of carbonyl (C=O) groups excluding carboxylic acids is 1. The van der Waals surface area contributed by atoms with Crippen molar-refractivity contribution in [3.8, 4) is 6.07 Å². The Kier molecular flexibility index (Phi) is 4.22. The molecule has 6 heteroatoms. The van der Waals surface area contributed by atoms with E-state index in [1.54, 1.807) is 6.92 Å². The molecule has 1 aromatic heterocycles. The summed E-state index contributed by atoms with van der Waals surface area (Å²) < 4.78 is 0. The Labute approximate surface area is 139 Å². The first-order valence-electron chi connectivity index (χ1n) is 7.60. The standard InChI is InChI=1S/C17H18N4OS/c1-11-19-14-6-4-3-5-13(14)16(20-11)23-9-15(22)21-17(2,10-18)12-7-8-12/h3-6,12H,7-9H2,1-2H3,(H,21,22). The van der Waals surface area contributed by atoms with Crippen molar-refractivity contribution in [2.45, 2.75) is 37.3 Å². The fourth-order valence-electron chi connectivity index (χ4n) is 2.61. The number of nitrogens with zero attached hydrogens (tertiary/aromatic N) is 3. The van der Waals surface area contributed by atoms with Crippen LogP contribution in [0.2, 0.25) is 0 Å². The number of aryl methyl sites for hydroxylation is 1. The van der Waals surface area contributed by atoms with Gasteiger partial charge in [0.1, 0.15) is 16.4 Å². The number of para-hydroxylation sites is 1. The lowest BCUT2D eigenvalue weighted by Crippen LogP contribution is -2.47. The molecule has 1 aliphatic rings. The predicted molar refractivity (Wildman–Crippen MR) is 89.9 cm³/mol. The fraction of sp³-hybridized carbons (Fsp3) is 0.412. The maximum Gasteiger partial charge on any atom is 0.231 e. The zero-order valence-corrected chi connectivity index (χ0v) is 14.0. The van der Waals surface area contributed by atoms with E-state index in [2.05, 4.69) is 21.4 Å². The molecule has 2 aromatic rings. The number of carbonyl (C=O) groups is 1. The molecular weight excluding hydrogens is 308 g/mol. The lowest BCUT2D eigenvalue weighted by Gasteiger charge is -2.22. The van der Waals surface area contributed by atoms with Crippen LogP contribution in [0.25, 0.3) is 10.9 Å². The predicted octanol–water partition coefficient (Wildman–Crippen LogP) is 2.84. The van der Waals surface area contributed by atoms with Crippen LogP contribution in [-0.2, 0) is 4.79 Å². The lowest BCUT2D eigenvalue weighted by atomic mass is 9.98. The second-order valence-electron chi connectivity index (χ2n) is 6.02. The average molecular weight is 326 g/mol. The normalized spacial score (nSPS) is 16.6. The van der Waals surface area contributed by atoms with E-state index in [0.717, 1.165) is 28.8 Å². The van der Waals surface area contributed by atoms with Gasteiger partial charge in [-0.1, -0.05) is 30.0 Å². The van der Waals surface area contributed by atoms with E-state index in [-0.39, 0.29) is 17.6 Å². The molecule has 0 bridgehead atoms. The average Bonchev–Trinajstić information content (AvgIpc) is 3.37. The SMILES string of the molecule is Cc1nc(SCC(=O)NC(C)(C#N)C2CC2)c2ccccc2n1. The number of hydrogen-bond donors (Lipinski definition) is 1. The summed E-state index contributed by atoms with van der Waals surface area (Å²) in [6.45, 7) is 3.65. The van der Waals surface area contributed by atoms with Gasteiger partial charge in [0, 0.05) is 5.39 Å². The molecule has 5 nitrogen and oxygen atoms in total. The molecule has 1 aliphatic carbocycles. The number of nitrogens with one attached hydrogen (secondary N) is 1. The third-order valence-electron chi connectivity index (χ3n) is 4.05. The van der Waals surface area contributed by atoms with E-state index in [9.17, 15) is 10.1 Å². The number of fused-ring (bicyclic) bond motifs is 1. The number of thioether (sulfide) groups is 1. The maximum absolute atomic E-state index is 12.2. The highest BCUT2D eigenvalue weighted by Gasteiger charge is 2.42. The van der Waals surface area contributed by atoms with Gasteiger partial charge in [0.05, 0.1) is 17.3 Å². The quantitative estimate of drug-likeness (QED) is 0.675. The molecule has 118 valence electrons. The van der Waals surface area contributed by atoms with Crippen LogP contribution in [0.15, 0.2) is 29.3 Å². The van der Waals surface area contributed by atoms with Gasteiger partial charge in [-0.15, -0.1) is 0 Å². The molecule has 23 heavy (non-hydrogen) atoms. The van der Waals surface area contributed by atoms with Crippen molar-refractivity contribution < 1.29 is 4.79 Å². The minimum Gasteiger partial charge on any atom is -0.337 e. The summed E-state index contributed by atoms with van der Waals surface area (Å²) in [6.07, 6.45) is 2.01. The van der Waals surface area contributed by atoms with Crippen LogP contribution in [0.4, 0.5) is 0 Å². The van der Waals surface area contributed by atoms with E-state index in [1.165, 1.54) is 11.8 Å². The Morgan fingerprint density at radius 1 is 1.43 bits per heavy atom. The molecule has 1 aromatic carbocycles. The monoisotopic (exact) mass is 326 g/mol. The van der Waals surface area contributed by atoms with Crippen molar-refractivity contribution in [2.75, 3.05) is 5.75 Å². The van der Waals surface area contributed by atoms with Gasteiger partial charge in [-0.2, -0.15) is 5.26 Å². The van der Waals surface area contributed by atoms with E-state index in [1.807, 2.05) is 31.2 Å². The van der Waals surface area contributed by atoms with Crippen molar-refractivity contribution in [3.05, 3.63) is 30.1 Å². The topological polar surface area (TPSA) is 78.7 Å². The Hall–Kier alpha value is -2.13. The van der Waals surface area contributed by atoms with Crippen molar-refractivity contribution >= 4 is 28.6 Å². The zero-order chi connectivity index (χ0) is 16.4. The number of amides is 1. The molecule has 1 fully saturated rings. The van der Waals surface area contributed by atoms with Gasteiger partial charge in [0.15, 0.2) is 0 Å². The molecule has 1 N–H and O–H groups in total. The first-order valence-corrected chi connectivity index (χ1v) is 8.59. The minimum absolute atomic E-state index is 0.133. The van der Waals surface area contributed by atoms with Crippen LogP contribution in [0, 0.1) is 24.2 Å². The molecule has 1 unspecified atom stereocenters. The van der Waals surface area contributed by atoms with Crippen molar-refractivity contribution in [3.63, 3.8) is 0 Å². The Morgan fingerprint density at radius 2 is 2.17 bits per heavy atom. The van der Waals surface area contributed by atoms with E-state index < -0.39 is 5.54 Å². The highest BCUT2D eigenvalue weighted by molar-refractivity contribution is 8.00. The zero-order valence-electron chi connectivity index (χ0n) is 13.2. The van der Waals surface area contributed by atoms with Gasteiger partial charge in [-0.05, 0) is 38.7 Å². The second-order valence-corrected chi connectivity index (χ2v) is 6.98. The molecule has 0 saturated heterocycles. The molecule has 1 saturated carbocycles. The van der Waals surface area contributed by atoms with Crippen LogP contribution in [0.5, 0.6) is 0 Å². The van der Waals surface area contributed by atoms with Gasteiger partial charge >= 0.3 is 0 Å². The second kappa shape index (κ2) is 6.17. The van der Waals surface area contributed by atoms with Crippen LogP contribution in [-0.4, -0.2) is 27.2 Å². The van der Waals surface area contributed by atoms with Crippen LogP contribution in [0.1, 0.15) is 25.6 Å². The van der Waals surface area contributed by atoms with Crippen molar-refractivity contribution in [1.29, 1.82) is 5.26 Å². The summed E-state index contributed by atoms with van der Waals surface area (Å²) >= 11 is 1.38. The summed E-state index contributed by atoms with van der Waals surface area (Å²) in [5.74, 6) is 1.08. The first kappa shape index (κ1) is 15.8. The molecule has 1 heterocycles. The first-order chi connectivity index (χ1) is 11.0. The summed E-state index contributed by atoms with van der Waals surface area (Å²) in [5.41, 5.74) is 0.129. The third kappa shape index (κ3) is 3.45. The number of hydrogen-bond acceptors (Lipinski definition) is 5. The molecule has 0 spiro atoms. The minimum atomic E-state index is -0.749. The van der Waals surface area contributed by atoms with Gasteiger partial charge in [-0.25, -0.2) is 9.97 Å². The van der Waals surface area contributed by atoms with Gasteiger partial charge in [0.25, 0.3) is 0 Å². The highest BCUT2D eigenvalue weighted by atomic mass is 32.2. The van der Waals surface area contributed by atoms with E-state index >= 15 is 0 Å². The summed E-state index contributed by atoms with van der Waals surface area (Å²) in [7, 11) is 0. The number of aromatic nitrogens is 2. The van der Waals surface area contributed by atoms with Gasteiger partial charge < -0.3 is 5.32 Å². The summed E-state index contributed by atoms with van der Waals surface area (Å²) in [6, 6.07) is 10.0. The van der Waals surface area contributed by atoms with Crippen molar-refractivity contribution in [1.82, 2.24) is 15.3 Å². The van der Waals surface area contributed by atoms with E-state index in [0.29, 0.717) is 5.82 Å². The molecular formula is C17H18N4OS. The Balaban J connectivity index is 1.71. The fourth-order valence-corrected chi connectivity index (χ4v) is 3.47. The summed E-state index contributed by atoms with van der Waals surface area (Å²) in [5, 5.41) is 13.9. The van der Waals surface area contributed by atoms with Crippen LogP contribution < -0.4 is 5.32 Å². The largest absolute Gasteiger partial charge is 0.337 e.